The first-order valence-corrected chi connectivity index (χ1v) is 16.4. The first kappa shape index (κ1) is 23.7. The Morgan fingerprint density at radius 3 is 2.10 bits per heavy atom. The van der Waals surface area contributed by atoms with Gasteiger partial charge in [-0.15, -0.1) is 0 Å². The minimum atomic E-state index is -2.48. The summed E-state index contributed by atoms with van der Waals surface area (Å²) >= 11 is 6.85. The van der Waals surface area contributed by atoms with Gasteiger partial charge in [-0.25, -0.2) is 0 Å². The number of allylic oxidation sites excluding steroid dienone is 4. The lowest BCUT2D eigenvalue weighted by molar-refractivity contribution is 0.467. The van der Waals surface area contributed by atoms with Crippen molar-refractivity contribution in [2.24, 2.45) is 0 Å². The molecular formula is C36H25O2PS. The highest BCUT2D eigenvalue weighted by atomic mass is 32.4. The largest absolute Gasteiger partial charge is 0.456 e. The van der Waals surface area contributed by atoms with Crippen molar-refractivity contribution in [2.75, 3.05) is 0 Å². The van der Waals surface area contributed by atoms with Gasteiger partial charge >= 0.3 is 0 Å². The van der Waals surface area contributed by atoms with E-state index in [-0.39, 0.29) is 0 Å². The van der Waals surface area contributed by atoms with Crippen LogP contribution in [0, 0.1) is 0 Å². The van der Waals surface area contributed by atoms with Crippen LogP contribution in [0.5, 0.6) is 23.0 Å². The molecule has 5 aromatic rings. The summed E-state index contributed by atoms with van der Waals surface area (Å²) in [5, 5.41) is 3.20. The molecule has 0 bridgehead atoms. The predicted molar refractivity (Wildman–Crippen MR) is 169 cm³/mol. The van der Waals surface area contributed by atoms with Crippen LogP contribution >= 0.6 is 6.04 Å². The van der Waals surface area contributed by atoms with E-state index in [9.17, 15) is 0 Å². The Bertz CT molecular complexity index is 1910. The van der Waals surface area contributed by atoms with Crippen LogP contribution in [-0.4, -0.2) is 0 Å². The first-order chi connectivity index (χ1) is 19.7. The van der Waals surface area contributed by atoms with E-state index in [4.69, 9.17) is 21.3 Å². The van der Waals surface area contributed by atoms with Crippen LogP contribution in [-0.2, 0) is 11.8 Å². The Labute approximate surface area is 239 Å². The molecule has 1 aliphatic carbocycles. The summed E-state index contributed by atoms with van der Waals surface area (Å²) < 4.78 is 13.5. The highest BCUT2D eigenvalue weighted by Crippen LogP contribution is 2.60. The van der Waals surface area contributed by atoms with E-state index in [1.54, 1.807) is 0 Å². The molecule has 0 aromatic heterocycles. The van der Waals surface area contributed by atoms with E-state index >= 15 is 0 Å². The number of ether oxygens (including phenoxy) is 2. The Morgan fingerprint density at radius 1 is 0.625 bits per heavy atom. The minimum Gasteiger partial charge on any atom is -0.456 e. The van der Waals surface area contributed by atoms with Gasteiger partial charge in [-0.2, -0.15) is 0 Å². The van der Waals surface area contributed by atoms with E-state index in [2.05, 4.69) is 121 Å². The lowest BCUT2D eigenvalue weighted by atomic mass is 9.92. The summed E-state index contributed by atoms with van der Waals surface area (Å²) in [4.78, 5) is 0. The van der Waals surface area contributed by atoms with Crippen molar-refractivity contribution >= 4 is 33.8 Å². The number of rotatable bonds is 3. The predicted octanol–water partition coefficient (Wildman–Crippen LogP) is 8.59. The van der Waals surface area contributed by atoms with E-state index in [1.165, 1.54) is 5.56 Å². The third-order valence-corrected chi connectivity index (χ3v) is 12.9. The molecule has 0 fully saturated rings. The average Bonchev–Trinajstić information content (AvgIpc) is 3.02. The quantitative estimate of drug-likeness (QED) is 0.205. The van der Waals surface area contributed by atoms with Crippen molar-refractivity contribution in [1.82, 2.24) is 0 Å². The zero-order chi connectivity index (χ0) is 26.7. The molecule has 2 atom stereocenters. The molecule has 5 aromatic carbocycles. The molecule has 2 heterocycles. The van der Waals surface area contributed by atoms with Gasteiger partial charge in [0, 0.05) is 22.1 Å². The van der Waals surface area contributed by atoms with Gasteiger partial charge in [0.1, 0.15) is 23.0 Å². The van der Waals surface area contributed by atoms with Gasteiger partial charge in [-0.1, -0.05) is 109 Å². The number of benzene rings is 5. The Morgan fingerprint density at radius 2 is 1.35 bits per heavy atom. The van der Waals surface area contributed by atoms with Crippen molar-refractivity contribution in [2.45, 2.75) is 12.3 Å². The number of hydrogen-bond donors (Lipinski definition) is 0. The van der Waals surface area contributed by atoms with Crippen LogP contribution in [0.25, 0.3) is 22.3 Å². The molecule has 2 aliphatic heterocycles. The van der Waals surface area contributed by atoms with Gasteiger partial charge in [0.25, 0.3) is 0 Å². The van der Waals surface area contributed by atoms with Crippen molar-refractivity contribution < 1.29 is 9.47 Å². The van der Waals surface area contributed by atoms with Gasteiger partial charge in [-0.05, 0) is 65.1 Å². The second kappa shape index (κ2) is 9.20. The topological polar surface area (TPSA) is 18.5 Å². The minimum absolute atomic E-state index is 0.339. The highest BCUT2D eigenvalue weighted by Gasteiger charge is 2.44. The molecule has 192 valence electrons. The lowest BCUT2D eigenvalue weighted by Gasteiger charge is -2.38. The van der Waals surface area contributed by atoms with Gasteiger partial charge < -0.3 is 9.47 Å². The highest BCUT2D eigenvalue weighted by molar-refractivity contribution is 8.26. The molecule has 0 saturated heterocycles. The van der Waals surface area contributed by atoms with Gasteiger partial charge in [0.2, 0.25) is 0 Å². The van der Waals surface area contributed by atoms with E-state index in [1.807, 2.05) is 12.1 Å². The van der Waals surface area contributed by atoms with E-state index in [0.29, 0.717) is 5.92 Å². The molecule has 0 amide bonds. The Kier molecular flexibility index (Phi) is 5.45. The SMILES string of the molecule is S=P12c3ccc(C4C=CC=CC4)cc3Oc3ccc(-c4ccccc4)c(c31)Oc1cc(-c3ccccc3)ccc12. The maximum absolute atomic E-state index is 6.85. The molecule has 0 spiro atoms. The molecule has 2 nitrogen and oxygen atoms in total. The normalized spacial score (nSPS) is 19.6. The van der Waals surface area contributed by atoms with Crippen LogP contribution in [0.1, 0.15) is 17.9 Å². The number of hydrogen-bond acceptors (Lipinski definition) is 3. The summed E-state index contributed by atoms with van der Waals surface area (Å²) in [7, 11) is 0. The van der Waals surface area contributed by atoms with E-state index < -0.39 is 6.04 Å². The zero-order valence-corrected chi connectivity index (χ0v) is 23.4. The van der Waals surface area contributed by atoms with Gasteiger partial charge in [-0.3, -0.25) is 0 Å². The molecule has 40 heavy (non-hydrogen) atoms. The van der Waals surface area contributed by atoms with Crippen LogP contribution in [0.2, 0.25) is 0 Å². The second-order valence-corrected chi connectivity index (χ2v) is 14.7. The third-order valence-electron chi connectivity index (χ3n) is 8.06. The molecule has 0 radical (unpaired) electrons. The summed E-state index contributed by atoms with van der Waals surface area (Å²) in [6.45, 7) is 0. The zero-order valence-electron chi connectivity index (χ0n) is 21.7. The second-order valence-electron chi connectivity index (χ2n) is 10.4. The van der Waals surface area contributed by atoms with Crippen LogP contribution in [0.3, 0.4) is 0 Å². The van der Waals surface area contributed by atoms with Crippen LogP contribution < -0.4 is 25.4 Å². The van der Waals surface area contributed by atoms with E-state index in [0.717, 1.165) is 67.6 Å². The van der Waals surface area contributed by atoms with Crippen molar-refractivity contribution in [1.29, 1.82) is 0 Å². The molecule has 2 unspecified atom stereocenters. The summed E-state index contributed by atoms with van der Waals surface area (Å²) in [5.74, 6) is 3.67. The molecule has 4 heteroatoms. The fourth-order valence-electron chi connectivity index (χ4n) is 6.08. The van der Waals surface area contributed by atoms with Crippen molar-refractivity contribution in [3.05, 3.63) is 139 Å². The molecule has 0 saturated carbocycles. The van der Waals surface area contributed by atoms with Crippen LogP contribution in [0.15, 0.2) is 133 Å². The van der Waals surface area contributed by atoms with Crippen LogP contribution in [0.4, 0.5) is 0 Å². The fraction of sp³-hybridized carbons (Fsp3) is 0.0556. The summed E-state index contributed by atoms with van der Waals surface area (Å²) in [5.41, 5.74) is 5.65. The Hall–Kier alpha value is -4.17. The number of fused-ring (bicyclic) bond motifs is 4. The summed E-state index contributed by atoms with van der Waals surface area (Å²) in [6.07, 6.45) is 9.71. The lowest BCUT2D eigenvalue weighted by Crippen LogP contribution is -2.35. The standard InChI is InChI=1S/C36H25O2PS/c40-39-33-20-16-27(24-10-4-1-5-11-24)22-31(33)37-30-19-18-29(26-14-8-3-9-15-26)35(36(30)39)38-32-23-28(17-21-34(32)39)25-12-6-2-7-13-25/h1-10,12-24H,11H2. The fourth-order valence-corrected chi connectivity index (χ4v) is 10.5. The van der Waals surface area contributed by atoms with Gasteiger partial charge in [0.15, 0.2) is 0 Å². The first-order valence-electron chi connectivity index (χ1n) is 13.6. The third kappa shape index (κ3) is 3.59. The maximum Gasteiger partial charge on any atom is 0.148 e. The Balaban J connectivity index is 1.37. The molecule has 0 N–H and O–H groups in total. The maximum atomic E-state index is 6.85. The van der Waals surface area contributed by atoms with Gasteiger partial charge in [0.05, 0.1) is 11.3 Å². The molecule has 3 aliphatic rings. The monoisotopic (exact) mass is 552 g/mol. The molecular weight excluding hydrogens is 527 g/mol. The van der Waals surface area contributed by atoms with Crippen molar-refractivity contribution in [3.63, 3.8) is 0 Å². The summed E-state index contributed by atoms with van der Waals surface area (Å²) in [6, 6.07) is 35.7. The molecule has 8 rings (SSSR count). The smallest absolute Gasteiger partial charge is 0.148 e. The van der Waals surface area contributed by atoms with Crippen molar-refractivity contribution in [3.8, 4) is 45.3 Å². The average molecular weight is 553 g/mol.